The van der Waals surface area contributed by atoms with Gasteiger partial charge in [0, 0.05) is 16.6 Å². The lowest BCUT2D eigenvalue weighted by molar-refractivity contribution is 0.0601. The molecule has 0 fully saturated rings. The number of carbonyl (C=O) groups excluding carboxylic acids is 2. The summed E-state index contributed by atoms with van der Waals surface area (Å²) in [5, 5.41) is 2.70. The molecule has 0 aliphatic heterocycles. The van der Waals surface area contributed by atoms with Crippen molar-refractivity contribution in [3.05, 3.63) is 45.9 Å². The van der Waals surface area contributed by atoms with Crippen LogP contribution in [0.2, 0.25) is 0 Å². The van der Waals surface area contributed by atoms with Gasteiger partial charge in [0.25, 0.3) is 5.91 Å². The van der Waals surface area contributed by atoms with Crippen LogP contribution in [-0.2, 0) is 4.74 Å². The molecule has 0 heterocycles. The van der Waals surface area contributed by atoms with Gasteiger partial charge >= 0.3 is 5.97 Å². The van der Waals surface area contributed by atoms with Crippen LogP contribution in [0.3, 0.4) is 0 Å². The molecule has 0 bridgehead atoms. The molecule has 7 nitrogen and oxygen atoms in total. The highest BCUT2D eigenvalue weighted by molar-refractivity contribution is 9.10. The number of rotatable bonds is 6. The van der Waals surface area contributed by atoms with Crippen LogP contribution < -0.4 is 19.5 Å². The van der Waals surface area contributed by atoms with Gasteiger partial charge in [0.05, 0.1) is 45.3 Å². The van der Waals surface area contributed by atoms with Crippen molar-refractivity contribution in [1.82, 2.24) is 0 Å². The van der Waals surface area contributed by atoms with Gasteiger partial charge in [0.1, 0.15) is 5.75 Å². The fourth-order valence-electron chi connectivity index (χ4n) is 2.26. The van der Waals surface area contributed by atoms with Gasteiger partial charge in [-0.25, -0.2) is 4.79 Å². The molecule has 1 amide bonds. The third-order valence-corrected chi connectivity index (χ3v) is 4.29. The highest BCUT2D eigenvalue weighted by atomic mass is 79.9. The van der Waals surface area contributed by atoms with Gasteiger partial charge in [0.2, 0.25) is 0 Å². The Labute approximate surface area is 159 Å². The van der Waals surface area contributed by atoms with E-state index in [0.717, 1.165) is 0 Å². The molecule has 0 spiro atoms. The number of amides is 1. The van der Waals surface area contributed by atoms with Crippen molar-refractivity contribution >= 4 is 33.5 Å². The smallest absolute Gasteiger partial charge is 0.340 e. The van der Waals surface area contributed by atoms with E-state index in [0.29, 0.717) is 27.3 Å². The summed E-state index contributed by atoms with van der Waals surface area (Å²) in [6.07, 6.45) is 0. The molecule has 2 rings (SSSR count). The number of esters is 1. The Bertz CT molecular complexity index is 837. The third kappa shape index (κ3) is 4.08. The van der Waals surface area contributed by atoms with Crippen LogP contribution >= 0.6 is 15.9 Å². The normalized spacial score (nSPS) is 10.0. The topological polar surface area (TPSA) is 83.1 Å². The fraction of sp³-hybridized carbons (Fsp3) is 0.222. The van der Waals surface area contributed by atoms with Crippen LogP contribution in [0.4, 0.5) is 5.69 Å². The number of hydrogen-bond donors (Lipinski definition) is 1. The van der Waals surface area contributed by atoms with Crippen molar-refractivity contribution in [3.63, 3.8) is 0 Å². The Kier molecular flexibility index (Phi) is 6.46. The number of carbonyl (C=O) groups is 2. The standard InChI is InChI=1S/C18H18BrNO6/c1-23-10-5-6-13(19)11(7-10)17(21)20-14-9-16(25-3)15(24-2)8-12(14)18(22)26-4/h5-9H,1-4H3,(H,20,21). The van der Waals surface area contributed by atoms with E-state index in [9.17, 15) is 9.59 Å². The van der Waals surface area contributed by atoms with Crippen LogP contribution in [0.1, 0.15) is 20.7 Å². The van der Waals surface area contributed by atoms with Gasteiger partial charge in [-0.05, 0) is 34.1 Å². The lowest BCUT2D eigenvalue weighted by Crippen LogP contribution is -2.16. The molecule has 8 heteroatoms. The molecule has 0 radical (unpaired) electrons. The molecule has 0 atom stereocenters. The Morgan fingerprint density at radius 2 is 1.54 bits per heavy atom. The van der Waals surface area contributed by atoms with E-state index >= 15 is 0 Å². The van der Waals surface area contributed by atoms with Crippen molar-refractivity contribution in [2.45, 2.75) is 0 Å². The first-order chi connectivity index (χ1) is 12.4. The van der Waals surface area contributed by atoms with Crippen molar-refractivity contribution in [2.75, 3.05) is 33.8 Å². The van der Waals surface area contributed by atoms with E-state index < -0.39 is 11.9 Å². The minimum atomic E-state index is -0.619. The van der Waals surface area contributed by atoms with Gasteiger partial charge in [-0.15, -0.1) is 0 Å². The minimum absolute atomic E-state index is 0.137. The summed E-state index contributed by atoms with van der Waals surface area (Å²) in [6, 6.07) is 7.94. The van der Waals surface area contributed by atoms with E-state index in [1.54, 1.807) is 18.2 Å². The quantitative estimate of drug-likeness (QED) is 0.715. The molecule has 26 heavy (non-hydrogen) atoms. The molecule has 0 saturated carbocycles. The minimum Gasteiger partial charge on any atom is -0.497 e. The average Bonchev–Trinajstić information content (AvgIpc) is 2.67. The van der Waals surface area contributed by atoms with E-state index in [2.05, 4.69) is 21.2 Å². The number of methoxy groups -OCH3 is 4. The zero-order valence-electron chi connectivity index (χ0n) is 14.7. The molecular weight excluding hydrogens is 406 g/mol. The molecule has 2 aromatic rings. The van der Waals surface area contributed by atoms with Gasteiger partial charge in [-0.3, -0.25) is 4.79 Å². The van der Waals surface area contributed by atoms with Gasteiger partial charge in [0.15, 0.2) is 11.5 Å². The van der Waals surface area contributed by atoms with Gasteiger partial charge in [-0.2, -0.15) is 0 Å². The van der Waals surface area contributed by atoms with Gasteiger partial charge < -0.3 is 24.3 Å². The lowest BCUT2D eigenvalue weighted by atomic mass is 10.1. The fourth-order valence-corrected chi connectivity index (χ4v) is 2.68. The Hall–Kier alpha value is -2.74. The predicted molar refractivity (Wildman–Crippen MR) is 99.5 cm³/mol. The molecule has 138 valence electrons. The van der Waals surface area contributed by atoms with Crippen LogP contribution in [0, 0.1) is 0 Å². The first-order valence-corrected chi connectivity index (χ1v) is 8.23. The van der Waals surface area contributed by atoms with Crippen molar-refractivity contribution < 1.29 is 28.5 Å². The lowest BCUT2D eigenvalue weighted by Gasteiger charge is -2.15. The molecule has 0 aliphatic rings. The van der Waals surface area contributed by atoms with Crippen LogP contribution in [-0.4, -0.2) is 40.3 Å². The second kappa shape index (κ2) is 8.57. The summed E-state index contributed by atoms with van der Waals surface area (Å²) >= 11 is 3.33. The average molecular weight is 424 g/mol. The molecule has 0 aliphatic carbocycles. The maximum Gasteiger partial charge on any atom is 0.340 e. The number of benzene rings is 2. The SMILES string of the molecule is COC(=O)c1cc(OC)c(OC)cc1NC(=O)c1cc(OC)ccc1Br. The first-order valence-electron chi connectivity index (χ1n) is 7.44. The summed E-state index contributed by atoms with van der Waals surface area (Å²) < 4.78 is 20.9. The van der Waals surface area contributed by atoms with Crippen LogP contribution in [0.15, 0.2) is 34.8 Å². The second-order valence-electron chi connectivity index (χ2n) is 5.04. The van der Waals surface area contributed by atoms with Crippen LogP contribution in [0.5, 0.6) is 17.2 Å². The third-order valence-electron chi connectivity index (χ3n) is 3.60. The van der Waals surface area contributed by atoms with Gasteiger partial charge in [-0.1, -0.05) is 0 Å². The monoisotopic (exact) mass is 423 g/mol. The second-order valence-corrected chi connectivity index (χ2v) is 5.90. The first kappa shape index (κ1) is 19.6. The summed E-state index contributed by atoms with van der Waals surface area (Å²) in [5.41, 5.74) is 0.710. The van der Waals surface area contributed by atoms with Crippen LogP contribution in [0.25, 0.3) is 0 Å². The summed E-state index contributed by atoms with van der Waals surface area (Å²) in [4.78, 5) is 24.8. The molecule has 1 N–H and O–H groups in total. The Morgan fingerprint density at radius 3 is 2.12 bits per heavy atom. The maximum absolute atomic E-state index is 12.7. The Morgan fingerprint density at radius 1 is 0.885 bits per heavy atom. The summed E-state index contributed by atoms with van der Waals surface area (Å²) in [6.45, 7) is 0. The number of nitrogens with one attached hydrogen (secondary N) is 1. The number of anilines is 1. The largest absolute Gasteiger partial charge is 0.497 e. The molecule has 0 unspecified atom stereocenters. The van der Waals surface area contributed by atoms with E-state index in [4.69, 9.17) is 18.9 Å². The summed E-state index contributed by atoms with van der Waals surface area (Å²) in [5.74, 6) is 0.173. The number of ether oxygens (including phenoxy) is 4. The molecule has 2 aromatic carbocycles. The number of halogens is 1. The van der Waals surface area contributed by atoms with Crippen molar-refractivity contribution in [1.29, 1.82) is 0 Å². The molecule has 0 aromatic heterocycles. The Balaban J connectivity index is 2.47. The highest BCUT2D eigenvalue weighted by Crippen LogP contribution is 2.34. The molecule has 0 saturated heterocycles. The van der Waals surface area contributed by atoms with E-state index in [-0.39, 0.29) is 11.3 Å². The van der Waals surface area contributed by atoms with Crippen molar-refractivity contribution in [2.24, 2.45) is 0 Å². The predicted octanol–water partition coefficient (Wildman–Crippen LogP) is 3.51. The highest BCUT2D eigenvalue weighted by Gasteiger charge is 2.20. The van der Waals surface area contributed by atoms with E-state index in [1.165, 1.54) is 40.6 Å². The summed E-state index contributed by atoms with van der Waals surface area (Å²) in [7, 11) is 5.67. The zero-order chi connectivity index (χ0) is 19.3. The van der Waals surface area contributed by atoms with Crippen molar-refractivity contribution in [3.8, 4) is 17.2 Å². The zero-order valence-corrected chi connectivity index (χ0v) is 16.3. The molecular formula is C18H18BrNO6. The number of hydrogen-bond acceptors (Lipinski definition) is 6. The van der Waals surface area contributed by atoms with E-state index in [1.807, 2.05) is 0 Å². The maximum atomic E-state index is 12.7.